The van der Waals surface area contributed by atoms with Crippen LogP contribution in [0.4, 0.5) is 5.95 Å². The number of methoxy groups -OCH3 is 2. The van der Waals surface area contributed by atoms with Crippen molar-refractivity contribution in [3.63, 3.8) is 0 Å². The molecule has 1 saturated heterocycles. The number of ether oxygens (including phenoxy) is 2. The summed E-state index contributed by atoms with van der Waals surface area (Å²) in [4.78, 5) is 4.64. The number of nitrogen functional groups attached to an aromatic ring is 1. The number of hydrogen-bond acceptors (Lipinski definition) is 13. The van der Waals surface area contributed by atoms with Crippen molar-refractivity contribution in [2.24, 2.45) is 0 Å². The molecular formula is C32H32N10O6S2. The van der Waals surface area contributed by atoms with E-state index in [4.69, 9.17) is 15.2 Å². The van der Waals surface area contributed by atoms with E-state index in [0.717, 1.165) is 5.56 Å². The van der Waals surface area contributed by atoms with E-state index in [-0.39, 0.29) is 54.0 Å². The van der Waals surface area contributed by atoms with Crippen molar-refractivity contribution in [1.82, 2.24) is 44.8 Å². The molecule has 3 aromatic carbocycles. The van der Waals surface area contributed by atoms with Crippen molar-refractivity contribution in [2.75, 3.05) is 33.0 Å². The van der Waals surface area contributed by atoms with Crippen molar-refractivity contribution in [2.45, 2.75) is 28.1 Å². The van der Waals surface area contributed by atoms with E-state index in [0.29, 0.717) is 28.4 Å². The topological polar surface area (TPSA) is 211 Å². The third kappa shape index (κ3) is 6.24. The van der Waals surface area contributed by atoms with Crippen molar-refractivity contribution in [3.05, 3.63) is 90.0 Å². The Morgan fingerprint density at radius 3 is 2.20 bits per heavy atom. The van der Waals surface area contributed by atoms with Crippen LogP contribution in [-0.4, -0.2) is 84.2 Å². The van der Waals surface area contributed by atoms with Gasteiger partial charge < -0.3 is 20.5 Å². The van der Waals surface area contributed by atoms with E-state index >= 15 is 0 Å². The van der Waals surface area contributed by atoms with Gasteiger partial charge in [-0.2, -0.15) is 9.78 Å². The lowest BCUT2D eigenvalue weighted by Gasteiger charge is -2.28. The van der Waals surface area contributed by atoms with Gasteiger partial charge in [-0.25, -0.2) is 26.1 Å². The molecule has 1 aliphatic rings. The fraction of sp³-hybridized carbons (Fsp3) is 0.219. The molecule has 6 aromatic rings. The summed E-state index contributed by atoms with van der Waals surface area (Å²) in [6.45, 7) is 0.385. The van der Waals surface area contributed by atoms with Crippen LogP contribution in [0.5, 0.6) is 11.5 Å². The second-order valence-electron chi connectivity index (χ2n) is 11.5. The number of nitrogens with zero attached hydrogens (tertiary/aromatic N) is 7. The number of pyridine rings is 1. The number of rotatable bonds is 12. The van der Waals surface area contributed by atoms with Gasteiger partial charge >= 0.3 is 0 Å². The second kappa shape index (κ2) is 13.1. The minimum Gasteiger partial charge on any atom is -0.497 e. The summed E-state index contributed by atoms with van der Waals surface area (Å²) in [5.41, 5.74) is 8.32. The summed E-state index contributed by atoms with van der Waals surface area (Å²) < 4.78 is 71.9. The number of sulfone groups is 1. The van der Waals surface area contributed by atoms with Gasteiger partial charge in [0, 0.05) is 25.2 Å². The molecule has 50 heavy (non-hydrogen) atoms. The molecule has 0 saturated carbocycles. The molecule has 7 rings (SSSR count). The summed E-state index contributed by atoms with van der Waals surface area (Å²) in [6, 6.07) is 22.0. The molecule has 4 heterocycles. The first kappa shape index (κ1) is 33.1. The Bertz CT molecular complexity index is 2410. The highest BCUT2D eigenvalue weighted by Crippen LogP contribution is 2.40. The van der Waals surface area contributed by atoms with Crippen molar-refractivity contribution in [3.8, 4) is 34.1 Å². The maximum atomic E-state index is 14.6. The summed E-state index contributed by atoms with van der Waals surface area (Å²) in [5, 5.41) is 19.5. The highest BCUT2D eigenvalue weighted by Gasteiger charge is 2.40. The molecule has 258 valence electrons. The van der Waals surface area contributed by atoms with Crippen LogP contribution in [0.15, 0.2) is 88.7 Å². The van der Waals surface area contributed by atoms with Gasteiger partial charge in [0.2, 0.25) is 21.8 Å². The number of anilines is 1. The number of aromatic nitrogens is 7. The molecule has 1 fully saturated rings. The Kier molecular flexibility index (Phi) is 8.68. The largest absolute Gasteiger partial charge is 0.497 e. The number of nitrogens with one attached hydrogen (secondary N) is 2. The minimum absolute atomic E-state index is 0.00625. The standard InChI is InChI=1S/C32H32N10O6S2/c1-47-22-10-6-20(7-11-22)16-35-50(45,46)30-27(49(43,44)24-17-34-18-24)15-14-25(26-4-3-5-28-36-32(33)39-42(26)28)29(30)31-37-40-41(38-31)19-21-8-12-23(48-2)13-9-21/h3-15,24,34-35H,16-19H2,1-2H3,(H2,33,39). The lowest BCUT2D eigenvalue weighted by Crippen LogP contribution is -2.51. The lowest BCUT2D eigenvalue weighted by atomic mass is 10.0. The Hall–Kier alpha value is -5.43. The first-order chi connectivity index (χ1) is 24.1. The van der Waals surface area contributed by atoms with E-state index in [1.165, 1.54) is 28.6 Å². The lowest BCUT2D eigenvalue weighted by molar-refractivity contribution is 0.414. The predicted molar refractivity (Wildman–Crippen MR) is 183 cm³/mol. The number of hydrogen-bond donors (Lipinski definition) is 3. The molecule has 0 bridgehead atoms. The predicted octanol–water partition coefficient (Wildman–Crippen LogP) is 1.92. The number of fused-ring (bicyclic) bond motifs is 1. The molecule has 0 spiro atoms. The number of sulfonamides is 1. The third-order valence-corrected chi connectivity index (χ3v) is 12.1. The second-order valence-corrected chi connectivity index (χ2v) is 15.4. The number of tetrazole rings is 1. The average molecular weight is 717 g/mol. The Balaban J connectivity index is 1.44. The molecule has 1 aliphatic heterocycles. The van der Waals surface area contributed by atoms with Crippen LogP contribution in [0.3, 0.4) is 0 Å². The van der Waals surface area contributed by atoms with Crippen LogP contribution in [0.25, 0.3) is 28.3 Å². The first-order valence-electron chi connectivity index (χ1n) is 15.3. The normalized spacial score (nSPS) is 13.7. The van der Waals surface area contributed by atoms with Crippen LogP contribution in [0.2, 0.25) is 0 Å². The van der Waals surface area contributed by atoms with Gasteiger partial charge in [-0.3, -0.25) is 0 Å². The zero-order valence-corrected chi connectivity index (χ0v) is 28.5. The van der Waals surface area contributed by atoms with Crippen molar-refractivity contribution >= 4 is 31.5 Å². The van der Waals surface area contributed by atoms with E-state index in [1.54, 1.807) is 61.7 Å². The van der Waals surface area contributed by atoms with Crippen LogP contribution < -0.4 is 25.2 Å². The maximum absolute atomic E-state index is 14.6. The van der Waals surface area contributed by atoms with Crippen molar-refractivity contribution in [1.29, 1.82) is 0 Å². The van der Waals surface area contributed by atoms with Gasteiger partial charge in [0.25, 0.3) is 0 Å². The van der Waals surface area contributed by atoms with Crippen LogP contribution in [-0.2, 0) is 33.0 Å². The van der Waals surface area contributed by atoms with Gasteiger partial charge in [-0.05, 0) is 58.8 Å². The van der Waals surface area contributed by atoms with E-state index < -0.39 is 30.0 Å². The average Bonchev–Trinajstić information content (AvgIpc) is 3.72. The molecule has 4 N–H and O–H groups in total. The monoisotopic (exact) mass is 716 g/mol. The molecule has 3 aromatic heterocycles. The van der Waals surface area contributed by atoms with Gasteiger partial charge in [0.15, 0.2) is 15.5 Å². The summed E-state index contributed by atoms with van der Waals surface area (Å²) >= 11 is 0. The summed E-state index contributed by atoms with van der Waals surface area (Å²) in [7, 11) is -5.68. The quantitative estimate of drug-likeness (QED) is 0.166. The minimum atomic E-state index is -4.60. The van der Waals surface area contributed by atoms with Gasteiger partial charge in [-0.1, -0.05) is 36.4 Å². The van der Waals surface area contributed by atoms with Gasteiger partial charge in [0.1, 0.15) is 16.4 Å². The zero-order valence-electron chi connectivity index (χ0n) is 26.9. The Morgan fingerprint density at radius 2 is 1.56 bits per heavy atom. The molecule has 0 unspecified atom stereocenters. The fourth-order valence-corrected chi connectivity index (χ4v) is 9.21. The molecule has 0 radical (unpaired) electrons. The molecule has 16 nitrogen and oxygen atoms in total. The molecular weight excluding hydrogens is 685 g/mol. The first-order valence-corrected chi connectivity index (χ1v) is 18.4. The highest BCUT2D eigenvalue weighted by molar-refractivity contribution is 7.94. The van der Waals surface area contributed by atoms with E-state index in [9.17, 15) is 16.8 Å². The van der Waals surface area contributed by atoms with Crippen molar-refractivity contribution < 1.29 is 26.3 Å². The smallest absolute Gasteiger partial charge is 0.242 e. The Labute approximate surface area is 287 Å². The molecule has 18 heteroatoms. The highest BCUT2D eigenvalue weighted by atomic mass is 32.2. The van der Waals surface area contributed by atoms with Crippen LogP contribution in [0, 0.1) is 0 Å². The van der Waals surface area contributed by atoms with Crippen LogP contribution in [0.1, 0.15) is 11.1 Å². The summed E-state index contributed by atoms with van der Waals surface area (Å²) in [5.74, 6) is 1.14. The SMILES string of the molecule is COc1ccc(CNS(=O)(=O)c2c(S(=O)(=O)C3CNC3)ccc(-c3cccc4nc(N)nn34)c2-c2nnn(Cc3ccc(OC)cc3)n2)cc1. The number of benzene rings is 3. The Morgan fingerprint density at radius 1 is 0.880 bits per heavy atom. The fourth-order valence-electron chi connectivity index (χ4n) is 5.58. The van der Waals surface area contributed by atoms with E-state index in [1.807, 2.05) is 12.1 Å². The zero-order chi connectivity index (χ0) is 35.0. The van der Waals surface area contributed by atoms with Crippen LogP contribution >= 0.6 is 0 Å². The molecule has 0 amide bonds. The van der Waals surface area contributed by atoms with E-state index in [2.05, 4.69) is 35.5 Å². The number of nitrogens with two attached hydrogens (primary N) is 1. The molecule has 0 atom stereocenters. The molecule has 0 aliphatic carbocycles. The summed E-state index contributed by atoms with van der Waals surface area (Å²) in [6.07, 6.45) is 0. The van der Waals surface area contributed by atoms with Gasteiger partial charge in [0.05, 0.1) is 42.2 Å². The maximum Gasteiger partial charge on any atom is 0.242 e. The third-order valence-electron chi connectivity index (χ3n) is 8.32. The van der Waals surface area contributed by atoms with Gasteiger partial charge in [-0.15, -0.1) is 15.3 Å².